The van der Waals surface area contributed by atoms with Crippen LogP contribution in [0.4, 0.5) is 0 Å². The molecule has 0 saturated heterocycles. The highest BCUT2D eigenvalue weighted by Crippen LogP contribution is 1.95. The third-order valence-electron chi connectivity index (χ3n) is 2.46. The van der Waals surface area contributed by atoms with Gasteiger partial charge in [0.2, 0.25) is 0 Å². The Balaban J connectivity index is 4.15. The van der Waals surface area contributed by atoms with Crippen LogP contribution in [0.25, 0.3) is 0 Å². The fourth-order valence-corrected chi connectivity index (χ4v) is 1.42. The minimum absolute atomic E-state index is 0.171. The maximum Gasteiger partial charge on any atom is 0.324 e. The Morgan fingerprint density at radius 1 is 1.33 bits per heavy atom. The van der Waals surface area contributed by atoms with Gasteiger partial charge in [-0.2, -0.15) is 0 Å². The molecule has 0 rings (SSSR count). The first-order valence-electron chi connectivity index (χ1n) is 5.73. The molecule has 0 bridgehead atoms. The molecule has 1 unspecified atom stereocenters. The predicted molar refractivity (Wildman–Crippen MR) is 61.9 cm³/mol. The first-order chi connectivity index (χ1) is 7.19. The molecular formula is C11H24N2O2. The SMILES string of the molecule is CCCNC(CN(CC)CC)C(=O)OC. The summed E-state index contributed by atoms with van der Waals surface area (Å²) in [6.07, 6.45) is 1.02. The predicted octanol–water partition coefficient (Wildman–Crippen LogP) is 0.869. The fraction of sp³-hybridized carbons (Fsp3) is 0.909. The molecule has 0 aliphatic carbocycles. The highest BCUT2D eigenvalue weighted by molar-refractivity contribution is 5.75. The summed E-state index contributed by atoms with van der Waals surface area (Å²) < 4.78 is 4.77. The lowest BCUT2D eigenvalue weighted by atomic mass is 10.2. The molecule has 0 heterocycles. The van der Waals surface area contributed by atoms with Crippen molar-refractivity contribution in [1.82, 2.24) is 10.2 Å². The molecule has 4 heteroatoms. The van der Waals surface area contributed by atoms with Gasteiger partial charge < -0.3 is 15.0 Å². The maximum absolute atomic E-state index is 11.5. The van der Waals surface area contributed by atoms with Gasteiger partial charge in [-0.3, -0.25) is 4.79 Å². The number of nitrogens with zero attached hydrogens (tertiary/aromatic N) is 1. The number of hydrogen-bond acceptors (Lipinski definition) is 4. The van der Waals surface area contributed by atoms with E-state index in [1.54, 1.807) is 0 Å². The monoisotopic (exact) mass is 216 g/mol. The number of ether oxygens (including phenoxy) is 1. The van der Waals surface area contributed by atoms with Gasteiger partial charge in [0.25, 0.3) is 0 Å². The number of carbonyl (C=O) groups is 1. The average molecular weight is 216 g/mol. The molecule has 0 aliphatic heterocycles. The third-order valence-corrected chi connectivity index (χ3v) is 2.46. The van der Waals surface area contributed by atoms with Crippen LogP contribution in [0.2, 0.25) is 0 Å². The van der Waals surface area contributed by atoms with Crippen molar-refractivity contribution in [3.8, 4) is 0 Å². The number of hydrogen-bond donors (Lipinski definition) is 1. The van der Waals surface area contributed by atoms with Gasteiger partial charge in [-0.25, -0.2) is 0 Å². The van der Waals surface area contributed by atoms with Crippen LogP contribution >= 0.6 is 0 Å². The summed E-state index contributed by atoms with van der Waals surface area (Å²) >= 11 is 0. The van der Waals surface area contributed by atoms with Gasteiger partial charge in [0.05, 0.1) is 7.11 Å². The van der Waals surface area contributed by atoms with Gasteiger partial charge in [-0.05, 0) is 26.1 Å². The quantitative estimate of drug-likeness (QED) is 0.611. The Hall–Kier alpha value is -0.610. The number of likely N-dealkylation sites (N-methyl/N-ethyl adjacent to an activating group) is 1. The zero-order valence-electron chi connectivity index (χ0n) is 10.4. The molecule has 0 aliphatic rings. The van der Waals surface area contributed by atoms with E-state index in [2.05, 4.69) is 31.0 Å². The first kappa shape index (κ1) is 14.4. The molecule has 0 aromatic carbocycles. The smallest absolute Gasteiger partial charge is 0.324 e. The average Bonchev–Trinajstić information content (AvgIpc) is 2.28. The molecule has 1 N–H and O–H groups in total. The van der Waals surface area contributed by atoms with Crippen LogP contribution in [-0.2, 0) is 9.53 Å². The van der Waals surface area contributed by atoms with Gasteiger partial charge in [-0.15, -0.1) is 0 Å². The van der Waals surface area contributed by atoms with Crippen LogP contribution in [0.15, 0.2) is 0 Å². The van der Waals surface area contributed by atoms with Crippen molar-refractivity contribution in [2.24, 2.45) is 0 Å². The molecule has 90 valence electrons. The van der Waals surface area contributed by atoms with E-state index >= 15 is 0 Å². The molecule has 0 aromatic heterocycles. The molecule has 0 aromatic rings. The van der Waals surface area contributed by atoms with Crippen molar-refractivity contribution in [3.05, 3.63) is 0 Å². The lowest BCUT2D eigenvalue weighted by molar-refractivity contribution is -0.143. The van der Waals surface area contributed by atoms with E-state index in [1.807, 2.05) is 0 Å². The van der Waals surface area contributed by atoms with Crippen LogP contribution in [0.3, 0.4) is 0 Å². The fourth-order valence-electron chi connectivity index (χ4n) is 1.42. The van der Waals surface area contributed by atoms with E-state index < -0.39 is 0 Å². The minimum atomic E-state index is -0.199. The second-order valence-corrected chi connectivity index (χ2v) is 3.52. The molecule has 0 amide bonds. The summed E-state index contributed by atoms with van der Waals surface area (Å²) in [5.74, 6) is -0.171. The van der Waals surface area contributed by atoms with Crippen molar-refractivity contribution in [2.45, 2.75) is 33.2 Å². The lowest BCUT2D eigenvalue weighted by Gasteiger charge is -2.24. The van der Waals surface area contributed by atoms with Crippen LogP contribution in [0, 0.1) is 0 Å². The topological polar surface area (TPSA) is 41.6 Å². The van der Waals surface area contributed by atoms with Crippen LogP contribution < -0.4 is 5.32 Å². The number of carbonyl (C=O) groups excluding carboxylic acids is 1. The largest absolute Gasteiger partial charge is 0.468 e. The van der Waals surface area contributed by atoms with Gasteiger partial charge in [0.1, 0.15) is 6.04 Å². The van der Waals surface area contributed by atoms with E-state index in [0.717, 1.165) is 32.6 Å². The van der Waals surface area contributed by atoms with E-state index in [1.165, 1.54) is 7.11 Å². The summed E-state index contributed by atoms with van der Waals surface area (Å²) in [6.45, 7) is 9.75. The first-order valence-corrected chi connectivity index (χ1v) is 5.73. The number of rotatable bonds is 8. The summed E-state index contributed by atoms with van der Waals surface area (Å²) in [4.78, 5) is 13.7. The molecule has 1 atom stereocenters. The molecule has 0 radical (unpaired) electrons. The lowest BCUT2D eigenvalue weighted by Crippen LogP contribution is -2.46. The molecule has 15 heavy (non-hydrogen) atoms. The molecule has 0 saturated carbocycles. The van der Waals surface area contributed by atoms with E-state index in [4.69, 9.17) is 4.74 Å². The van der Waals surface area contributed by atoms with Gasteiger partial charge >= 0.3 is 5.97 Å². The summed E-state index contributed by atoms with van der Waals surface area (Å²) in [7, 11) is 1.44. The van der Waals surface area contributed by atoms with Crippen molar-refractivity contribution < 1.29 is 9.53 Å². The van der Waals surface area contributed by atoms with Gasteiger partial charge in [0, 0.05) is 6.54 Å². The standard InChI is InChI=1S/C11H24N2O2/c1-5-8-12-10(11(14)15-4)9-13(6-2)7-3/h10,12H,5-9H2,1-4H3. The number of nitrogens with one attached hydrogen (secondary N) is 1. The molecular weight excluding hydrogens is 192 g/mol. The Morgan fingerprint density at radius 3 is 2.33 bits per heavy atom. The van der Waals surface area contributed by atoms with Gasteiger partial charge in [0.15, 0.2) is 0 Å². The molecule has 0 fully saturated rings. The Morgan fingerprint density at radius 2 is 1.93 bits per heavy atom. The van der Waals surface area contributed by atoms with Crippen molar-refractivity contribution in [1.29, 1.82) is 0 Å². The summed E-state index contributed by atoms with van der Waals surface area (Å²) in [6, 6.07) is -0.199. The second-order valence-electron chi connectivity index (χ2n) is 3.52. The van der Waals surface area contributed by atoms with Crippen LogP contribution in [0.5, 0.6) is 0 Å². The van der Waals surface area contributed by atoms with Crippen molar-refractivity contribution in [3.63, 3.8) is 0 Å². The highest BCUT2D eigenvalue weighted by atomic mass is 16.5. The zero-order chi connectivity index (χ0) is 11.7. The van der Waals surface area contributed by atoms with E-state index in [-0.39, 0.29) is 12.0 Å². The molecule has 0 spiro atoms. The summed E-state index contributed by atoms with van der Waals surface area (Å²) in [5, 5.41) is 3.20. The Kier molecular flexibility index (Phi) is 8.33. The third kappa shape index (κ3) is 5.74. The number of esters is 1. The van der Waals surface area contributed by atoms with Crippen molar-refractivity contribution in [2.75, 3.05) is 33.3 Å². The molecule has 4 nitrogen and oxygen atoms in total. The number of methoxy groups -OCH3 is 1. The Labute approximate surface area is 93.0 Å². The Bertz CT molecular complexity index is 170. The minimum Gasteiger partial charge on any atom is -0.468 e. The van der Waals surface area contributed by atoms with E-state index in [9.17, 15) is 4.79 Å². The highest BCUT2D eigenvalue weighted by Gasteiger charge is 2.20. The summed E-state index contributed by atoms with van der Waals surface area (Å²) in [5.41, 5.74) is 0. The normalized spacial score (nSPS) is 12.9. The second kappa shape index (κ2) is 8.68. The van der Waals surface area contributed by atoms with Gasteiger partial charge in [-0.1, -0.05) is 20.8 Å². The van der Waals surface area contributed by atoms with Crippen molar-refractivity contribution >= 4 is 5.97 Å². The zero-order valence-corrected chi connectivity index (χ0v) is 10.4. The van der Waals surface area contributed by atoms with Crippen LogP contribution in [-0.4, -0.2) is 50.2 Å². The van der Waals surface area contributed by atoms with Crippen LogP contribution in [0.1, 0.15) is 27.2 Å². The van der Waals surface area contributed by atoms with E-state index in [0.29, 0.717) is 0 Å². The maximum atomic E-state index is 11.5.